The number of thiocarbonyl (C=S) groups is 1. The van der Waals surface area contributed by atoms with Crippen molar-refractivity contribution in [2.45, 2.75) is 26.2 Å². The Labute approximate surface area is 179 Å². The van der Waals surface area contributed by atoms with Crippen molar-refractivity contribution in [3.05, 3.63) is 70.9 Å². The summed E-state index contributed by atoms with van der Waals surface area (Å²) in [5, 5.41) is 16.2. The molecule has 0 saturated heterocycles. The van der Waals surface area contributed by atoms with Crippen molar-refractivity contribution in [2.75, 3.05) is 5.32 Å². The van der Waals surface area contributed by atoms with Crippen molar-refractivity contribution in [1.29, 1.82) is 0 Å². The van der Waals surface area contributed by atoms with Crippen molar-refractivity contribution >= 4 is 40.5 Å². The average molecular weight is 429 g/mol. The van der Waals surface area contributed by atoms with Crippen molar-refractivity contribution in [2.24, 2.45) is 0 Å². The third-order valence-corrected chi connectivity index (χ3v) is 4.75. The number of halogens is 1. The number of hydrogen-bond donors (Lipinski definition) is 3. The Morgan fingerprint density at radius 1 is 1.07 bits per heavy atom. The van der Waals surface area contributed by atoms with Gasteiger partial charge in [-0.3, -0.25) is 10.1 Å². The van der Waals surface area contributed by atoms with Crippen LogP contribution in [-0.4, -0.2) is 16.1 Å². The van der Waals surface area contributed by atoms with Crippen LogP contribution in [0.25, 0.3) is 11.3 Å². The minimum Gasteiger partial charge on any atom is -0.506 e. The van der Waals surface area contributed by atoms with Crippen LogP contribution in [0.2, 0.25) is 5.02 Å². The molecular weight excluding hydrogens is 408 g/mol. The molecule has 29 heavy (non-hydrogen) atoms. The lowest BCUT2D eigenvalue weighted by atomic mass is 9.87. The van der Waals surface area contributed by atoms with E-state index < -0.39 is 5.91 Å². The van der Waals surface area contributed by atoms with Gasteiger partial charge in [0.05, 0.1) is 5.69 Å². The largest absolute Gasteiger partial charge is 0.506 e. The van der Waals surface area contributed by atoms with E-state index in [4.69, 9.17) is 28.2 Å². The van der Waals surface area contributed by atoms with Crippen LogP contribution < -0.4 is 10.6 Å². The number of rotatable bonds is 3. The molecule has 0 aliphatic heterocycles. The molecule has 2 aromatic carbocycles. The van der Waals surface area contributed by atoms with Gasteiger partial charge in [0.15, 0.2) is 10.9 Å². The van der Waals surface area contributed by atoms with Crippen molar-refractivity contribution < 1.29 is 14.3 Å². The molecule has 5 nitrogen and oxygen atoms in total. The van der Waals surface area contributed by atoms with Gasteiger partial charge in [0, 0.05) is 10.6 Å². The van der Waals surface area contributed by atoms with E-state index in [2.05, 4.69) is 31.4 Å². The summed E-state index contributed by atoms with van der Waals surface area (Å²) >= 11 is 11.1. The van der Waals surface area contributed by atoms with Gasteiger partial charge in [-0.25, -0.2) is 0 Å². The monoisotopic (exact) mass is 428 g/mol. The zero-order chi connectivity index (χ0) is 21.2. The fraction of sp³-hybridized carbons (Fsp3) is 0.182. The highest BCUT2D eigenvalue weighted by atomic mass is 35.5. The molecule has 0 saturated carbocycles. The Morgan fingerprint density at radius 2 is 1.76 bits per heavy atom. The van der Waals surface area contributed by atoms with Gasteiger partial charge in [0.25, 0.3) is 5.91 Å². The number of nitrogens with one attached hydrogen (secondary N) is 2. The zero-order valence-electron chi connectivity index (χ0n) is 16.2. The van der Waals surface area contributed by atoms with Gasteiger partial charge in [-0.1, -0.05) is 38.4 Å². The Bertz CT molecular complexity index is 1050. The van der Waals surface area contributed by atoms with Gasteiger partial charge in [0.2, 0.25) is 0 Å². The maximum absolute atomic E-state index is 12.4. The molecular formula is C22H21ClN2O3S. The number of amides is 1. The summed E-state index contributed by atoms with van der Waals surface area (Å²) in [6, 6.07) is 15.6. The molecule has 3 rings (SSSR count). The molecule has 150 valence electrons. The number of hydrogen-bond acceptors (Lipinski definition) is 4. The summed E-state index contributed by atoms with van der Waals surface area (Å²) in [4.78, 5) is 12.4. The number of carbonyl (C=O) groups is 1. The molecule has 3 aromatic rings. The quantitative estimate of drug-likeness (QED) is 0.367. The lowest BCUT2D eigenvalue weighted by Gasteiger charge is -2.20. The molecule has 1 amide bonds. The molecule has 0 unspecified atom stereocenters. The predicted molar refractivity (Wildman–Crippen MR) is 120 cm³/mol. The second-order valence-electron chi connectivity index (χ2n) is 7.56. The zero-order valence-corrected chi connectivity index (χ0v) is 17.8. The van der Waals surface area contributed by atoms with E-state index in [-0.39, 0.29) is 22.0 Å². The average Bonchev–Trinajstić information content (AvgIpc) is 3.13. The first-order valence-electron chi connectivity index (χ1n) is 8.95. The molecule has 1 heterocycles. The Kier molecular flexibility index (Phi) is 5.96. The number of carbonyl (C=O) groups excluding carboxylic acids is 1. The maximum atomic E-state index is 12.4. The number of benzene rings is 2. The van der Waals surface area contributed by atoms with Crippen LogP contribution in [0.15, 0.2) is 59.0 Å². The van der Waals surface area contributed by atoms with E-state index in [0.29, 0.717) is 16.5 Å². The van der Waals surface area contributed by atoms with Crippen molar-refractivity contribution in [1.82, 2.24) is 5.32 Å². The maximum Gasteiger partial charge on any atom is 0.293 e. The highest BCUT2D eigenvalue weighted by molar-refractivity contribution is 7.80. The number of anilines is 1. The van der Waals surface area contributed by atoms with Crippen LogP contribution in [-0.2, 0) is 5.41 Å². The van der Waals surface area contributed by atoms with Gasteiger partial charge < -0.3 is 14.8 Å². The van der Waals surface area contributed by atoms with Gasteiger partial charge >= 0.3 is 0 Å². The van der Waals surface area contributed by atoms with E-state index in [0.717, 1.165) is 11.1 Å². The Balaban J connectivity index is 1.69. The molecule has 0 aliphatic rings. The fourth-order valence-electron chi connectivity index (χ4n) is 2.65. The first-order chi connectivity index (χ1) is 13.6. The summed E-state index contributed by atoms with van der Waals surface area (Å²) in [6.07, 6.45) is 0. The summed E-state index contributed by atoms with van der Waals surface area (Å²) in [5.41, 5.74) is 2.15. The third kappa shape index (κ3) is 5.16. The molecule has 0 radical (unpaired) electrons. The number of phenolic OH excluding ortho intramolecular Hbond substituents is 1. The first kappa shape index (κ1) is 20.9. The second kappa shape index (κ2) is 8.27. The lowest BCUT2D eigenvalue weighted by molar-refractivity contribution is 0.0951. The standard InChI is InChI=1S/C22H21ClN2O3S/c1-22(2,3)14-6-9-17(26)16(12-14)24-21(29)25-20(27)19-11-10-18(28-19)13-4-7-15(23)8-5-13/h4-12,26H,1-3H3,(H2,24,25,27,29). The molecule has 0 spiro atoms. The minimum atomic E-state index is -0.492. The van der Waals surface area contributed by atoms with Crippen LogP contribution in [0.4, 0.5) is 5.69 Å². The summed E-state index contributed by atoms with van der Waals surface area (Å²) in [7, 11) is 0. The van der Waals surface area contributed by atoms with Crippen LogP contribution in [0, 0.1) is 0 Å². The predicted octanol–water partition coefficient (Wildman–Crippen LogP) is 5.73. The topological polar surface area (TPSA) is 74.5 Å². The summed E-state index contributed by atoms with van der Waals surface area (Å²) < 4.78 is 5.62. The highest BCUT2D eigenvalue weighted by Gasteiger charge is 2.17. The van der Waals surface area contributed by atoms with E-state index in [1.807, 2.05) is 6.07 Å². The SMILES string of the molecule is CC(C)(C)c1ccc(O)c(NC(=S)NC(=O)c2ccc(-c3ccc(Cl)cc3)o2)c1. The van der Waals surface area contributed by atoms with E-state index >= 15 is 0 Å². The van der Waals surface area contributed by atoms with Gasteiger partial charge in [-0.05, 0) is 71.7 Å². The molecule has 0 atom stereocenters. The number of phenols is 1. The molecule has 7 heteroatoms. The van der Waals surface area contributed by atoms with Crippen molar-refractivity contribution in [3.8, 4) is 17.1 Å². The van der Waals surface area contributed by atoms with Crippen LogP contribution in [0.5, 0.6) is 5.75 Å². The number of aromatic hydroxyl groups is 1. The highest BCUT2D eigenvalue weighted by Crippen LogP contribution is 2.30. The van der Waals surface area contributed by atoms with Crippen molar-refractivity contribution in [3.63, 3.8) is 0 Å². The van der Waals surface area contributed by atoms with E-state index in [1.54, 1.807) is 48.5 Å². The summed E-state index contributed by atoms with van der Waals surface area (Å²) in [6.45, 7) is 6.20. The normalized spacial score (nSPS) is 11.2. The molecule has 1 aromatic heterocycles. The van der Waals surface area contributed by atoms with Gasteiger partial charge in [-0.15, -0.1) is 0 Å². The lowest BCUT2D eigenvalue weighted by Crippen LogP contribution is -2.34. The van der Waals surface area contributed by atoms with E-state index in [9.17, 15) is 9.90 Å². The van der Waals surface area contributed by atoms with Gasteiger partial charge in [0.1, 0.15) is 11.5 Å². The molecule has 0 bridgehead atoms. The minimum absolute atomic E-state index is 0.0395. The van der Waals surface area contributed by atoms with Crippen LogP contribution in [0.3, 0.4) is 0 Å². The van der Waals surface area contributed by atoms with E-state index in [1.165, 1.54) is 0 Å². The third-order valence-electron chi connectivity index (χ3n) is 4.30. The smallest absolute Gasteiger partial charge is 0.293 e. The number of furan rings is 1. The Morgan fingerprint density at radius 3 is 2.41 bits per heavy atom. The Hall–Kier alpha value is -2.83. The first-order valence-corrected chi connectivity index (χ1v) is 9.74. The van der Waals surface area contributed by atoms with Crippen LogP contribution >= 0.6 is 23.8 Å². The fourth-order valence-corrected chi connectivity index (χ4v) is 2.98. The molecule has 0 aliphatic carbocycles. The molecule has 0 fully saturated rings. The second-order valence-corrected chi connectivity index (χ2v) is 8.41. The van der Waals surface area contributed by atoms with Crippen LogP contribution in [0.1, 0.15) is 36.9 Å². The molecule has 3 N–H and O–H groups in total. The summed E-state index contributed by atoms with van der Waals surface area (Å²) in [5.74, 6) is 0.208. The van der Waals surface area contributed by atoms with Gasteiger partial charge in [-0.2, -0.15) is 0 Å².